The Balaban J connectivity index is 1.34. The van der Waals surface area contributed by atoms with Crippen LogP contribution in [-0.2, 0) is 16.1 Å². The highest BCUT2D eigenvalue weighted by Crippen LogP contribution is 2.52. The molecule has 2 heterocycles. The van der Waals surface area contributed by atoms with Gasteiger partial charge in [-0.15, -0.1) is 0 Å². The third-order valence-corrected chi connectivity index (χ3v) is 5.87. The summed E-state index contributed by atoms with van der Waals surface area (Å²) in [6, 6.07) is 0. The third-order valence-electron chi connectivity index (χ3n) is 5.87. The summed E-state index contributed by atoms with van der Waals surface area (Å²) in [6.45, 7) is 0.349. The van der Waals surface area contributed by atoms with E-state index in [1.165, 1.54) is 17.3 Å². The van der Waals surface area contributed by atoms with Gasteiger partial charge in [0.1, 0.15) is 12.4 Å². The lowest BCUT2D eigenvalue weighted by Crippen LogP contribution is -2.43. The van der Waals surface area contributed by atoms with Gasteiger partial charge in [-0.25, -0.2) is 9.98 Å². The normalized spacial score (nSPS) is 28.0. The van der Waals surface area contributed by atoms with E-state index >= 15 is 0 Å². The van der Waals surface area contributed by atoms with Crippen molar-refractivity contribution in [3.63, 3.8) is 0 Å². The van der Waals surface area contributed by atoms with Gasteiger partial charge in [0.15, 0.2) is 5.96 Å². The highest BCUT2D eigenvalue weighted by Gasteiger charge is 2.58. The maximum absolute atomic E-state index is 12.9. The molecule has 156 valence electrons. The number of carbonyl (C=O) groups is 2. The minimum absolute atomic E-state index is 0.0204. The molecule has 2 N–H and O–H groups in total. The van der Waals surface area contributed by atoms with E-state index in [0.717, 1.165) is 11.0 Å². The van der Waals surface area contributed by atoms with Crippen LogP contribution in [0, 0.1) is 23.7 Å². The number of hydrogen-bond acceptors (Lipinski definition) is 4. The second-order valence-electron chi connectivity index (χ2n) is 7.48. The molecule has 2 amide bonds. The van der Waals surface area contributed by atoms with Crippen molar-refractivity contribution in [1.29, 1.82) is 0 Å². The van der Waals surface area contributed by atoms with E-state index in [1.807, 2.05) is 6.92 Å². The lowest BCUT2D eigenvalue weighted by molar-refractivity contribution is -0.140. The number of alkyl halides is 2. The van der Waals surface area contributed by atoms with Crippen LogP contribution in [0.2, 0.25) is 0 Å². The van der Waals surface area contributed by atoms with Crippen LogP contribution in [-0.4, -0.2) is 51.9 Å². The number of allylic oxidation sites excluding steroid dienone is 2. The summed E-state index contributed by atoms with van der Waals surface area (Å²) in [6.07, 6.45) is 7.56. The smallest absolute Gasteiger partial charge is 0.319 e. The summed E-state index contributed by atoms with van der Waals surface area (Å²) < 4.78 is 26.6. The average molecular weight is 406 g/mol. The van der Waals surface area contributed by atoms with Crippen molar-refractivity contribution in [3.05, 3.63) is 30.4 Å². The van der Waals surface area contributed by atoms with Crippen molar-refractivity contribution < 1.29 is 18.4 Å². The number of aliphatic imine (C=N–C) groups is 1. The number of halogens is 2. The summed E-state index contributed by atoms with van der Waals surface area (Å²) in [5, 5.41) is 6.08. The van der Waals surface area contributed by atoms with E-state index in [2.05, 4.69) is 32.8 Å². The predicted octanol–water partition coefficient (Wildman–Crippen LogP) is 1.14. The average Bonchev–Trinajstić information content (AvgIpc) is 3.46. The number of amides is 2. The molecule has 0 spiro atoms. The Bertz CT molecular complexity index is 822. The Morgan fingerprint density at radius 1 is 1.24 bits per heavy atom. The molecule has 8 nitrogen and oxygen atoms in total. The van der Waals surface area contributed by atoms with Gasteiger partial charge < -0.3 is 10.6 Å². The Morgan fingerprint density at radius 2 is 1.93 bits per heavy atom. The van der Waals surface area contributed by atoms with Crippen molar-refractivity contribution in [2.75, 3.05) is 19.6 Å². The quantitative estimate of drug-likeness (QED) is 0.307. The second kappa shape index (κ2) is 7.92. The van der Waals surface area contributed by atoms with Crippen molar-refractivity contribution >= 4 is 17.8 Å². The van der Waals surface area contributed by atoms with Gasteiger partial charge in [-0.3, -0.25) is 19.1 Å². The molecule has 1 aromatic heterocycles. The number of aromatic nitrogens is 2. The van der Waals surface area contributed by atoms with Gasteiger partial charge in [-0.2, -0.15) is 8.78 Å². The molecule has 4 rings (SSSR count). The van der Waals surface area contributed by atoms with E-state index < -0.39 is 6.55 Å². The monoisotopic (exact) mass is 406 g/mol. The van der Waals surface area contributed by atoms with Gasteiger partial charge in [-0.1, -0.05) is 12.2 Å². The van der Waals surface area contributed by atoms with Crippen LogP contribution < -0.4 is 10.6 Å². The molecule has 1 aromatic rings. The highest BCUT2D eigenvalue weighted by atomic mass is 19.3. The van der Waals surface area contributed by atoms with Crippen LogP contribution in [0.1, 0.15) is 25.7 Å². The number of rotatable bonds is 7. The number of hydrogen-bond donors (Lipinski definition) is 2. The molecule has 10 heteroatoms. The molecule has 2 aliphatic carbocycles. The molecular formula is C19H24F2N6O2. The molecule has 2 bridgehead atoms. The number of nitrogens with one attached hydrogen (secondary N) is 2. The number of imide groups is 1. The number of nitrogens with zero attached hydrogens (tertiary/aromatic N) is 4. The maximum atomic E-state index is 12.9. The molecular weight excluding hydrogens is 382 g/mol. The molecule has 1 saturated heterocycles. The molecule has 2 fully saturated rings. The van der Waals surface area contributed by atoms with Crippen molar-refractivity contribution in [2.45, 2.75) is 26.4 Å². The lowest BCUT2D eigenvalue weighted by atomic mass is 9.85. The minimum Gasteiger partial charge on any atom is -0.357 e. The van der Waals surface area contributed by atoms with Crippen LogP contribution in [0.4, 0.5) is 8.78 Å². The standard InChI is InChI=1S/C19H24F2N6O2/c1-2-22-19(25-10-13-23-5-7-26(13)18(20)21)24-6-8-27-16(28)14-11-3-4-12(9-11)15(14)17(27)29/h3-5,7,11-12,14-15,18H,2,6,8-10H2,1H3,(H2,22,24,25). The zero-order valence-corrected chi connectivity index (χ0v) is 16.1. The fourth-order valence-corrected chi connectivity index (χ4v) is 4.61. The van der Waals surface area contributed by atoms with E-state index in [1.54, 1.807) is 0 Å². The molecule has 0 radical (unpaired) electrons. The summed E-state index contributed by atoms with van der Waals surface area (Å²) in [5.74, 6) is 0.378. The van der Waals surface area contributed by atoms with Gasteiger partial charge >= 0.3 is 6.55 Å². The first-order chi connectivity index (χ1) is 14.0. The molecule has 1 aliphatic heterocycles. The zero-order chi connectivity index (χ0) is 20.5. The van der Waals surface area contributed by atoms with Gasteiger partial charge in [0.25, 0.3) is 0 Å². The largest absolute Gasteiger partial charge is 0.357 e. The Kier molecular flexibility index (Phi) is 5.33. The predicted molar refractivity (Wildman–Crippen MR) is 101 cm³/mol. The Labute approximate surface area is 167 Å². The number of likely N-dealkylation sites (tertiary alicyclic amines) is 1. The van der Waals surface area contributed by atoms with E-state index in [-0.39, 0.29) is 54.4 Å². The Hall–Kier alpha value is -2.78. The first-order valence-electron chi connectivity index (χ1n) is 9.86. The molecule has 29 heavy (non-hydrogen) atoms. The fraction of sp³-hybridized carbons (Fsp3) is 0.579. The number of guanidine groups is 1. The summed E-state index contributed by atoms with van der Waals surface area (Å²) >= 11 is 0. The molecule has 0 aromatic carbocycles. The third kappa shape index (κ3) is 3.51. The van der Waals surface area contributed by atoms with Crippen LogP contribution in [0.25, 0.3) is 0 Å². The van der Waals surface area contributed by atoms with Crippen LogP contribution in [0.5, 0.6) is 0 Å². The zero-order valence-electron chi connectivity index (χ0n) is 16.1. The van der Waals surface area contributed by atoms with Gasteiger partial charge in [0, 0.05) is 32.0 Å². The SMILES string of the molecule is CCNC(=NCc1nccn1C(F)F)NCCN1C(=O)C2C3C=CC(C3)C2C1=O. The first-order valence-corrected chi connectivity index (χ1v) is 9.86. The maximum Gasteiger partial charge on any atom is 0.319 e. The summed E-state index contributed by atoms with van der Waals surface area (Å²) in [4.78, 5) is 34.9. The lowest BCUT2D eigenvalue weighted by Gasteiger charge is -2.18. The van der Waals surface area contributed by atoms with Gasteiger partial charge in [0.05, 0.1) is 11.8 Å². The van der Waals surface area contributed by atoms with Crippen LogP contribution in [0.15, 0.2) is 29.5 Å². The van der Waals surface area contributed by atoms with Gasteiger partial charge in [0.2, 0.25) is 11.8 Å². The molecule has 4 unspecified atom stereocenters. The van der Waals surface area contributed by atoms with Crippen LogP contribution >= 0.6 is 0 Å². The van der Waals surface area contributed by atoms with E-state index in [0.29, 0.717) is 19.0 Å². The topological polar surface area (TPSA) is 91.6 Å². The number of imidazole rings is 1. The van der Waals surface area contributed by atoms with Crippen molar-refractivity contribution in [1.82, 2.24) is 25.1 Å². The van der Waals surface area contributed by atoms with Crippen molar-refractivity contribution in [3.8, 4) is 0 Å². The first kappa shape index (κ1) is 19.5. The second-order valence-corrected chi connectivity index (χ2v) is 7.48. The highest BCUT2D eigenvalue weighted by molar-refractivity contribution is 6.06. The summed E-state index contributed by atoms with van der Waals surface area (Å²) in [7, 11) is 0. The number of carbonyl (C=O) groups excluding carboxylic acids is 2. The summed E-state index contributed by atoms with van der Waals surface area (Å²) in [5.41, 5.74) is 0. The molecule has 4 atom stereocenters. The van der Waals surface area contributed by atoms with Gasteiger partial charge in [-0.05, 0) is 25.2 Å². The van der Waals surface area contributed by atoms with E-state index in [4.69, 9.17) is 0 Å². The Morgan fingerprint density at radius 3 is 2.55 bits per heavy atom. The van der Waals surface area contributed by atoms with Crippen LogP contribution in [0.3, 0.4) is 0 Å². The fourth-order valence-electron chi connectivity index (χ4n) is 4.61. The van der Waals surface area contributed by atoms with Crippen molar-refractivity contribution in [2.24, 2.45) is 28.7 Å². The molecule has 3 aliphatic rings. The minimum atomic E-state index is -2.67. The number of fused-ring (bicyclic) bond motifs is 5. The van der Waals surface area contributed by atoms with E-state index in [9.17, 15) is 18.4 Å². The molecule has 1 saturated carbocycles.